The first-order chi connectivity index (χ1) is 8.18. The first-order valence-corrected chi connectivity index (χ1v) is 7.22. The normalized spacial score (nSPS) is 41.1. The molecule has 100 valence electrons. The lowest BCUT2D eigenvalue weighted by Crippen LogP contribution is -2.60. The van der Waals surface area contributed by atoms with Crippen molar-refractivity contribution in [2.45, 2.75) is 57.5 Å². The summed E-state index contributed by atoms with van der Waals surface area (Å²) in [5.74, 6) is 0.818. The van der Waals surface area contributed by atoms with Gasteiger partial charge in [0.1, 0.15) is 0 Å². The monoisotopic (exact) mass is 240 g/mol. The molecule has 2 rings (SSSR count). The van der Waals surface area contributed by atoms with Crippen molar-refractivity contribution in [1.29, 1.82) is 0 Å². The molecule has 0 amide bonds. The molecule has 3 unspecified atom stereocenters. The second-order valence-electron chi connectivity index (χ2n) is 6.08. The van der Waals surface area contributed by atoms with Gasteiger partial charge in [0.15, 0.2) is 0 Å². The van der Waals surface area contributed by atoms with Crippen LogP contribution in [0, 0.1) is 5.92 Å². The summed E-state index contributed by atoms with van der Waals surface area (Å²) in [6.07, 6.45) is 6.18. The van der Waals surface area contributed by atoms with Crippen molar-refractivity contribution in [3.05, 3.63) is 0 Å². The molecule has 2 saturated heterocycles. The Bertz CT molecular complexity index is 236. The molecule has 2 aliphatic rings. The van der Waals surface area contributed by atoms with Crippen molar-refractivity contribution in [1.82, 2.24) is 4.90 Å². The number of hydrogen-bond donors (Lipinski definition) is 1. The standard InChI is InChI=1S/C14H28N2O/c1-12-4-5-13(2)16(10-12)14(11-15)6-3-8-17-9-7-14/h12-13H,3-11,15H2,1-2H3. The molecule has 17 heavy (non-hydrogen) atoms. The molecule has 0 spiro atoms. The molecule has 0 radical (unpaired) electrons. The van der Waals surface area contributed by atoms with Gasteiger partial charge < -0.3 is 10.5 Å². The van der Waals surface area contributed by atoms with Crippen LogP contribution >= 0.6 is 0 Å². The lowest BCUT2D eigenvalue weighted by atomic mass is 9.82. The van der Waals surface area contributed by atoms with Crippen LogP contribution in [0.25, 0.3) is 0 Å². The van der Waals surface area contributed by atoms with Gasteiger partial charge in [-0.15, -0.1) is 0 Å². The van der Waals surface area contributed by atoms with Crippen LogP contribution < -0.4 is 5.73 Å². The second-order valence-corrected chi connectivity index (χ2v) is 6.08. The van der Waals surface area contributed by atoms with E-state index in [1.54, 1.807) is 0 Å². The lowest BCUT2D eigenvalue weighted by molar-refractivity contribution is -0.00268. The molecule has 3 nitrogen and oxygen atoms in total. The van der Waals surface area contributed by atoms with Crippen molar-refractivity contribution in [2.75, 3.05) is 26.3 Å². The fourth-order valence-corrected chi connectivity index (χ4v) is 3.55. The number of nitrogens with two attached hydrogens (primary N) is 1. The Kier molecular flexibility index (Phi) is 4.45. The predicted molar refractivity (Wildman–Crippen MR) is 71.0 cm³/mol. The third-order valence-corrected chi connectivity index (χ3v) is 4.75. The van der Waals surface area contributed by atoms with Crippen LogP contribution in [0.5, 0.6) is 0 Å². The Morgan fingerprint density at radius 1 is 1.24 bits per heavy atom. The summed E-state index contributed by atoms with van der Waals surface area (Å²) in [4.78, 5) is 2.70. The van der Waals surface area contributed by atoms with E-state index in [4.69, 9.17) is 10.5 Å². The third kappa shape index (κ3) is 2.83. The summed E-state index contributed by atoms with van der Waals surface area (Å²) in [6.45, 7) is 8.55. The van der Waals surface area contributed by atoms with Gasteiger partial charge in [0, 0.05) is 37.9 Å². The van der Waals surface area contributed by atoms with E-state index in [1.807, 2.05) is 0 Å². The van der Waals surface area contributed by atoms with E-state index in [-0.39, 0.29) is 5.54 Å². The molecule has 2 heterocycles. The second kappa shape index (κ2) is 5.68. The number of hydrogen-bond acceptors (Lipinski definition) is 3. The zero-order valence-electron chi connectivity index (χ0n) is 11.5. The Balaban J connectivity index is 2.13. The van der Waals surface area contributed by atoms with Gasteiger partial charge in [-0.25, -0.2) is 0 Å². The van der Waals surface area contributed by atoms with Crippen LogP contribution in [-0.4, -0.2) is 42.8 Å². The molecule has 2 fully saturated rings. The van der Waals surface area contributed by atoms with Gasteiger partial charge in [-0.05, 0) is 44.9 Å². The maximum atomic E-state index is 6.15. The maximum Gasteiger partial charge on any atom is 0.0484 e. The van der Waals surface area contributed by atoms with Crippen LogP contribution in [0.2, 0.25) is 0 Å². The Hall–Kier alpha value is -0.120. The van der Waals surface area contributed by atoms with Crippen molar-refractivity contribution in [2.24, 2.45) is 11.7 Å². The summed E-state index contributed by atoms with van der Waals surface area (Å²) in [6, 6.07) is 0.688. The van der Waals surface area contributed by atoms with E-state index in [9.17, 15) is 0 Å². The van der Waals surface area contributed by atoms with E-state index in [0.717, 1.165) is 38.5 Å². The average molecular weight is 240 g/mol. The minimum atomic E-state index is 0.213. The minimum Gasteiger partial charge on any atom is -0.381 e. The smallest absolute Gasteiger partial charge is 0.0484 e. The highest BCUT2D eigenvalue weighted by Gasteiger charge is 2.40. The third-order valence-electron chi connectivity index (χ3n) is 4.75. The van der Waals surface area contributed by atoms with Crippen LogP contribution in [0.3, 0.4) is 0 Å². The SMILES string of the molecule is CC1CCC(C)N(C2(CN)CCCOCC2)C1. The fraction of sp³-hybridized carbons (Fsp3) is 1.00. The van der Waals surface area contributed by atoms with Crippen LogP contribution in [-0.2, 0) is 4.74 Å². The highest BCUT2D eigenvalue weighted by atomic mass is 16.5. The lowest BCUT2D eigenvalue weighted by Gasteiger charge is -2.50. The quantitative estimate of drug-likeness (QED) is 0.802. The molecule has 3 atom stereocenters. The van der Waals surface area contributed by atoms with Crippen molar-refractivity contribution < 1.29 is 4.74 Å². The molecule has 2 N–H and O–H groups in total. The zero-order chi connectivity index (χ0) is 12.3. The molecule has 0 aliphatic carbocycles. The maximum absolute atomic E-state index is 6.15. The van der Waals surface area contributed by atoms with Crippen molar-refractivity contribution in [3.8, 4) is 0 Å². The van der Waals surface area contributed by atoms with Crippen LogP contribution in [0.4, 0.5) is 0 Å². The van der Waals surface area contributed by atoms with Gasteiger partial charge in [-0.1, -0.05) is 6.92 Å². The highest BCUT2D eigenvalue weighted by Crippen LogP contribution is 2.34. The van der Waals surface area contributed by atoms with Gasteiger partial charge in [-0.2, -0.15) is 0 Å². The Morgan fingerprint density at radius 2 is 2.06 bits per heavy atom. The van der Waals surface area contributed by atoms with Crippen LogP contribution in [0.1, 0.15) is 46.0 Å². The van der Waals surface area contributed by atoms with Gasteiger partial charge >= 0.3 is 0 Å². The molecular weight excluding hydrogens is 212 g/mol. The fourth-order valence-electron chi connectivity index (χ4n) is 3.55. The molecular formula is C14H28N2O. The number of ether oxygens (including phenoxy) is 1. The van der Waals surface area contributed by atoms with E-state index in [2.05, 4.69) is 18.7 Å². The van der Waals surface area contributed by atoms with Gasteiger partial charge in [0.2, 0.25) is 0 Å². The molecule has 0 aromatic carbocycles. The first-order valence-electron chi connectivity index (χ1n) is 7.22. The van der Waals surface area contributed by atoms with Gasteiger partial charge in [0.25, 0.3) is 0 Å². The number of piperidine rings is 1. The summed E-state index contributed by atoms with van der Waals surface area (Å²) in [5.41, 5.74) is 6.36. The topological polar surface area (TPSA) is 38.5 Å². The summed E-state index contributed by atoms with van der Waals surface area (Å²) >= 11 is 0. The van der Waals surface area contributed by atoms with Crippen LogP contribution in [0.15, 0.2) is 0 Å². The minimum absolute atomic E-state index is 0.213. The Labute approximate surface area is 106 Å². The number of rotatable bonds is 2. The predicted octanol–water partition coefficient (Wildman–Crippen LogP) is 2.00. The van der Waals surface area contributed by atoms with E-state index in [0.29, 0.717) is 6.04 Å². The van der Waals surface area contributed by atoms with Crippen molar-refractivity contribution >= 4 is 0 Å². The first kappa shape index (κ1) is 13.3. The summed E-state index contributed by atoms with van der Waals surface area (Å²) in [5, 5.41) is 0. The van der Waals surface area contributed by atoms with Gasteiger partial charge in [-0.3, -0.25) is 4.90 Å². The number of likely N-dealkylation sites (tertiary alicyclic amines) is 1. The number of nitrogens with zero attached hydrogens (tertiary/aromatic N) is 1. The van der Waals surface area contributed by atoms with E-state index < -0.39 is 0 Å². The molecule has 0 bridgehead atoms. The zero-order valence-corrected chi connectivity index (χ0v) is 11.5. The molecule has 0 saturated carbocycles. The molecule has 0 aromatic heterocycles. The van der Waals surface area contributed by atoms with Gasteiger partial charge in [0.05, 0.1) is 0 Å². The van der Waals surface area contributed by atoms with E-state index >= 15 is 0 Å². The van der Waals surface area contributed by atoms with Crippen molar-refractivity contribution in [3.63, 3.8) is 0 Å². The summed E-state index contributed by atoms with van der Waals surface area (Å²) in [7, 11) is 0. The molecule has 0 aromatic rings. The summed E-state index contributed by atoms with van der Waals surface area (Å²) < 4.78 is 5.62. The highest BCUT2D eigenvalue weighted by molar-refractivity contribution is 4.97. The molecule has 3 heteroatoms. The Morgan fingerprint density at radius 3 is 2.82 bits per heavy atom. The average Bonchev–Trinajstić information content (AvgIpc) is 2.58. The molecule has 2 aliphatic heterocycles. The van der Waals surface area contributed by atoms with E-state index in [1.165, 1.54) is 25.8 Å². The largest absolute Gasteiger partial charge is 0.381 e.